The Balaban J connectivity index is 2.12. The summed E-state index contributed by atoms with van der Waals surface area (Å²) in [4.78, 5) is 0. The summed E-state index contributed by atoms with van der Waals surface area (Å²) in [6.45, 7) is 4.55. The zero-order valence-electron chi connectivity index (χ0n) is 9.54. The van der Waals surface area contributed by atoms with Gasteiger partial charge in [0.15, 0.2) is 0 Å². The van der Waals surface area contributed by atoms with Gasteiger partial charge in [-0.1, -0.05) is 13.0 Å². The second kappa shape index (κ2) is 5.19. The predicted octanol–water partition coefficient (Wildman–Crippen LogP) is 3.26. The molecule has 2 nitrogen and oxygen atoms in total. The number of nitrogens with one attached hydrogen (secondary N) is 1. The highest BCUT2D eigenvalue weighted by molar-refractivity contribution is 9.10. The third kappa shape index (κ3) is 2.58. The summed E-state index contributed by atoms with van der Waals surface area (Å²) in [5.74, 6) is 1.65. The van der Waals surface area contributed by atoms with E-state index in [0.717, 1.165) is 23.5 Å². The summed E-state index contributed by atoms with van der Waals surface area (Å²) < 4.78 is 0.797. The van der Waals surface area contributed by atoms with Crippen LogP contribution in [0.1, 0.15) is 31.2 Å². The van der Waals surface area contributed by atoms with E-state index in [0.29, 0.717) is 11.7 Å². The topological polar surface area (TPSA) is 32.3 Å². The number of rotatable bonds is 2. The summed E-state index contributed by atoms with van der Waals surface area (Å²) in [6, 6.07) is 5.85. The molecule has 1 fully saturated rings. The van der Waals surface area contributed by atoms with Crippen LogP contribution < -0.4 is 5.32 Å². The van der Waals surface area contributed by atoms with Crippen molar-refractivity contribution in [2.45, 2.75) is 25.7 Å². The van der Waals surface area contributed by atoms with Crippen molar-refractivity contribution in [1.82, 2.24) is 5.32 Å². The van der Waals surface area contributed by atoms with Gasteiger partial charge in [0.1, 0.15) is 5.75 Å². The molecular formula is C13H18BrNO. The summed E-state index contributed by atoms with van der Waals surface area (Å²) >= 11 is 3.38. The highest BCUT2D eigenvalue weighted by Crippen LogP contribution is 2.34. The molecule has 2 N–H and O–H groups in total. The lowest BCUT2D eigenvalue weighted by Gasteiger charge is -2.28. The second-order valence-corrected chi connectivity index (χ2v) is 5.44. The largest absolute Gasteiger partial charge is 0.507 e. The Bertz CT molecular complexity index is 361. The molecule has 1 atom stereocenters. The van der Waals surface area contributed by atoms with Gasteiger partial charge in [-0.05, 0) is 71.4 Å². The summed E-state index contributed by atoms with van der Waals surface area (Å²) in [5.41, 5.74) is 1.32. The Labute approximate surface area is 105 Å². The lowest BCUT2D eigenvalue weighted by molar-refractivity contribution is 0.330. The van der Waals surface area contributed by atoms with Gasteiger partial charge in [-0.2, -0.15) is 0 Å². The molecule has 1 heterocycles. The third-order valence-corrected chi connectivity index (χ3v) is 4.22. The van der Waals surface area contributed by atoms with Crippen molar-refractivity contribution in [3.8, 4) is 5.75 Å². The fourth-order valence-corrected chi connectivity index (χ4v) is 2.82. The first-order valence-corrected chi connectivity index (χ1v) is 6.67. The average Bonchev–Trinajstić information content (AvgIpc) is 2.33. The van der Waals surface area contributed by atoms with Gasteiger partial charge in [0, 0.05) is 0 Å². The number of phenolic OH excluding ortho intramolecular Hbond substituents is 1. The molecule has 1 aliphatic heterocycles. The Hall–Kier alpha value is -0.540. The predicted molar refractivity (Wildman–Crippen MR) is 69.8 cm³/mol. The van der Waals surface area contributed by atoms with Crippen LogP contribution in [0.3, 0.4) is 0 Å². The molecule has 1 aromatic rings. The van der Waals surface area contributed by atoms with Crippen LogP contribution in [0.15, 0.2) is 22.7 Å². The van der Waals surface area contributed by atoms with Gasteiger partial charge < -0.3 is 10.4 Å². The Morgan fingerprint density at radius 2 is 2.06 bits per heavy atom. The molecule has 88 valence electrons. The first-order chi connectivity index (χ1) is 7.68. The van der Waals surface area contributed by atoms with Gasteiger partial charge >= 0.3 is 0 Å². The maximum Gasteiger partial charge on any atom is 0.129 e. The molecule has 0 bridgehead atoms. The van der Waals surface area contributed by atoms with Gasteiger partial charge in [0.2, 0.25) is 0 Å². The highest BCUT2D eigenvalue weighted by Gasteiger charge is 2.21. The lowest BCUT2D eigenvalue weighted by atomic mass is 9.82. The monoisotopic (exact) mass is 283 g/mol. The van der Waals surface area contributed by atoms with Gasteiger partial charge in [-0.15, -0.1) is 0 Å². The van der Waals surface area contributed by atoms with Crippen molar-refractivity contribution in [2.24, 2.45) is 5.92 Å². The smallest absolute Gasteiger partial charge is 0.129 e. The van der Waals surface area contributed by atoms with E-state index in [1.54, 1.807) is 6.07 Å². The van der Waals surface area contributed by atoms with E-state index in [-0.39, 0.29) is 0 Å². The molecule has 1 aromatic carbocycles. The minimum Gasteiger partial charge on any atom is -0.507 e. The summed E-state index contributed by atoms with van der Waals surface area (Å²) in [6.07, 6.45) is 2.50. The number of phenols is 1. The molecule has 2 rings (SSSR count). The zero-order chi connectivity index (χ0) is 11.5. The number of halogens is 1. The van der Waals surface area contributed by atoms with Gasteiger partial charge in [0.25, 0.3) is 0 Å². The van der Waals surface area contributed by atoms with Crippen LogP contribution in [-0.2, 0) is 0 Å². The number of benzene rings is 1. The molecule has 0 aliphatic carbocycles. The summed E-state index contributed by atoms with van der Waals surface area (Å²) in [7, 11) is 0. The minimum absolute atomic E-state index is 0.321. The lowest BCUT2D eigenvalue weighted by Crippen LogP contribution is -2.30. The van der Waals surface area contributed by atoms with E-state index in [1.165, 1.54) is 18.4 Å². The molecule has 1 unspecified atom stereocenters. The van der Waals surface area contributed by atoms with Crippen molar-refractivity contribution >= 4 is 15.9 Å². The van der Waals surface area contributed by atoms with E-state index in [2.05, 4.69) is 28.2 Å². The van der Waals surface area contributed by atoms with Crippen LogP contribution in [0.2, 0.25) is 0 Å². The fourth-order valence-electron chi connectivity index (χ4n) is 2.42. The number of hydrogen-bond acceptors (Lipinski definition) is 2. The SMILES string of the molecule is CC(c1ccc(O)c(Br)c1)C1CCNCC1. The quantitative estimate of drug-likeness (QED) is 0.873. The molecule has 1 saturated heterocycles. The van der Waals surface area contributed by atoms with Crippen LogP contribution >= 0.6 is 15.9 Å². The molecule has 0 aromatic heterocycles. The molecule has 0 saturated carbocycles. The Morgan fingerprint density at radius 1 is 1.38 bits per heavy atom. The third-order valence-electron chi connectivity index (χ3n) is 3.59. The molecule has 3 heteroatoms. The summed E-state index contributed by atoms with van der Waals surface area (Å²) in [5, 5.41) is 12.9. The van der Waals surface area contributed by atoms with Gasteiger partial charge in [0.05, 0.1) is 4.47 Å². The van der Waals surface area contributed by atoms with Crippen LogP contribution in [0.4, 0.5) is 0 Å². The molecular weight excluding hydrogens is 266 g/mol. The number of piperidine rings is 1. The molecule has 16 heavy (non-hydrogen) atoms. The highest BCUT2D eigenvalue weighted by atomic mass is 79.9. The van der Waals surface area contributed by atoms with E-state index >= 15 is 0 Å². The standard InChI is InChI=1S/C13H18BrNO/c1-9(10-4-6-15-7-5-10)11-2-3-13(16)12(14)8-11/h2-3,8-10,15-16H,4-7H2,1H3. The average molecular weight is 284 g/mol. The maximum absolute atomic E-state index is 9.48. The van der Waals surface area contributed by atoms with Crippen molar-refractivity contribution in [3.63, 3.8) is 0 Å². The van der Waals surface area contributed by atoms with Gasteiger partial charge in [-0.25, -0.2) is 0 Å². The Kier molecular flexibility index (Phi) is 3.87. The van der Waals surface area contributed by atoms with E-state index < -0.39 is 0 Å². The fraction of sp³-hybridized carbons (Fsp3) is 0.538. The first-order valence-electron chi connectivity index (χ1n) is 5.87. The molecule has 0 amide bonds. The Morgan fingerprint density at radius 3 is 2.69 bits per heavy atom. The minimum atomic E-state index is 0.321. The molecule has 0 spiro atoms. The van der Waals surface area contributed by atoms with E-state index in [1.807, 2.05) is 12.1 Å². The number of aromatic hydroxyl groups is 1. The van der Waals surface area contributed by atoms with E-state index in [9.17, 15) is 5.11 Å². The van der Waals surface area contributed by atoms with Crippen LogP contribution in [0, 0.1) is 5.92 Å². The van der Waals surface area contributed by atoms with Gasteiger partial charge in [-0.3, -0.25) is 0 Å². The molecule has 1 aliphatic rings. The number of hydrogen-bond donors (Lipinski definition) is 2. The van der Waals surface area contributed by atoms with Crippen LogP contribution in [-0.4, -0.2) is 18.2 Å². The van der Waals surface area contributed by atoms with E-state index in [4.69, 9.17) is 0 Å². The molecule has 0 radical (unpaired) electrons. The zero-order valence-corrected chi connectivity index (χ0v) is 11.1. The van der Waals surface area contributed by atoms with Crippen molar-refractivity contribution in [1.29, 1.82) is 0 Å². The van der Waals surface area contributed by atoms with Crippen molar-refractivity contribution < 1.29 is 5.11 Å². The maximum atomic E-state index is 9.48. The van der Waals surface area contributed by atoms with Crippen molar-refractivity contribution in [2.75, 3.05) is 13.1 Å². The van der Waals surface area contributed by atoms with Crippen LogP contribution in [0.5, 0.6) is 5.75 Å². The van der Waals surface area contributed by atoms with Crippen molar-refractivity contribution in [3.05, 3.63) is 28.2 Å². The first kappa shape index (κ1) is 11.9. The normalized spacial score (nSPS) is 19.6. The van der Waals surface area contributed by atoms with Crippen LogP contribution in [0.25, 0.3) is 0 Å². The second-order valence-electron chi connectivity index (χ2n) is 4.59.